The van der Waals surface area contributed by atoms with Crippen LogP contribution in [0.4, 0.5) is 11.4 Å². The van der Waals surface area contributed by atoms with Crippen LogP contribution in [0.15, 0.2) is 42.5 Å². The second-order valence-corrected chi connectivity index (χ2v) is 10.5. The molecule has 5 aliphatic rings. The summed E-state index contributed by atoms with van der Waals surface area (Å²) in [7, 11) is 0. The Morgan fingerprint density at radius 3 is 2.50 bits per heavy atom. The van der Waals surface area contributed by atoms with Crippen LogP contribution in [0.2, 0.25) is 0 Å². The van der Waals surface area contributed by atoms with Crippen LogP contribution in [0.25, 0.3) is 0 Å². The fraction of sp³-hybridized carbons (Fsp3) is 0.538. The Morgan fingerprint density at radius 1 is 0.912 bits per heavy atom. The minimum Gasteiger partial charge on any atom is -0.388 e. The number of hydrogen-bond donors (Lipinski definition) is 4. The molecule has 7 rings (SSSR count). The van der Waals surface area contributed by atoms with Gasteiger partial charge in [0.15, 0.2) is 0 Å². The Balaban J connectivity index is 1.46. The van der Waals surface area contributed by atoms with E-state index in [4.69, 9.17) is 18.9 Å². The van der Waals surface area contributed by atoms with E-state index in [1.165, 1.54) is 0 Å². The molecule has 0 bridgehead atoms. The van der Waals surface area contributed by atoms with Crippen molar-refractivity contribution in [2.75, 3.05) is 30.5 Å². The van der Waals surface area contributed by atoms with Gasteiger partial charge in [-0.2, -0.15) is 0 Å². The number of anilines is 2. The summed E-state index contributed by atoms with van der Waals surface area (Å²) in [5.41, 5.74) is 3.62. The molecule has 34 heavy (non-hydrogen) atoms. The molecule has 9 atom stereocenters. The number of rotatable bonds is 2. The zero-order chi connectivity index (χ0) is 23.2. The third kappa shape index (κ3) is 2.64. The second kappa shape index (κ2) is 7.16. The number of hydrogen-bond acceptors (Lipinski definition) is 8. The molecule has 1 unspecified atom stereocenters. The molecular formula is C26H30N2O6. The fourth-order valence-corrected chi connectivity index (χ4v) is 6.87. The molecule has 1 spiro atoms. The molecular weight excluding hydrogens is 436 g/mol. The maximum atomic E-state index is 10.8. The van der Waals surface area contributed by atoms with Crippen LogP contribution in [0.3, 0.4) is 0 Å². The van der Waals surface area contributed by atoms with Gasteiger partial charge in [0.25, 0.3) is 0 Å². The van der Waals surface area contributed by atoms with Gasteiger partial charge in [-0.1, -0.05) is 24.3 Å². The molecule has 4 saturated heterocycles. The Kier molecular flexibility index (Phi) is 4.45. The highest BCUT2D eigenvalue weighted by Crippen LogP contribution is 2.58. The number of fused-ring (bicyclic) bond motifs is 8. The Morgan fingerprint density at radius 2 is 1.68 bits per heavy atom. The van der Waals surface area contributed by atoms with Crippen LogP contribution >= 0.6 is 0 Å². The summed E-state index contributed by atoms with van der Waals surface area (Å²) >= 11 is 0. The van der Waals surface area contributed by atoms with Gasteiger partial charge in [-0.05, 0) is 43.2 Å². The standard InChI is InChI=1S/C26H30N2O6/c1-13-4-3-5-15(8-13)27-26-16-7-6-14(2)9-17(16)28-25(12-33-20-18(29)10-31-22(20)25)24(26)34-21-19(30)11-32-23(21)26/h3-9,18-24,27-30H,10-12H2,1-2H3/t18-,19-,20-,21-,22+,23+,24?,25-,26+/m1/s1. The van der Waals surface area contributed by atoms with Crippen molar-refractivity contribution < 1.29 is 29.2 Å². The van der Waals surface area contributed by atoms with Crippen molar-refractivity contribution in [1.29, 1.82) is 0 Å². The molecule has 0 aromatic heterocycles. The molecule has 5 aliphatic heterocycles. The van der Waals surface area contributed by atoms with Crippen molar-refractivity contribution in [3.8, 4) is 0 Å². The van der Waals surface area contributed by atoms with Gasteiger partial charge < -0.3 is 39.8 Å². The van der Waals surface area contributed by atoms with E-state index in [-0.39, 0.29) is 13.2 Å². The van der Waals surface area contributed by atoms with Crippen molar-refractivity contribution >= 4 is 11.4 Å². The van der Waals surface area contributed by atoms with Gasteiger partial charge in [0.05, 0.1) is 19.8 Å². The molecule has 0 amide bonds. The third-order valence-electron chi connectivity index (χ3n) is 8.25. The van der Waals surface area contributed by atoms with Gasteiger partial charge in [-0.3, -0.25) is 0 Å². The summed E-state index contributed by atoms with van der Waals surface area (Å²) < 4.78 is 25.3. The second-order valence-electron chi connectivity index (χ2n) is 10.5. The van der Waals surface area contributed by atoms with Crippen molar-refractivity contribution in [2.24, 2.45) is 0 Å². The minimum atomic E-state index is -0.806. The van der Waals surface area contributed by atoms with Crippen LogP contribution in [-0.2, 0) is 24.5 Å². The first-order valence-corrected chi connectivity index (χ1v) is 12.0. The van der Waals surface area contributed by atoms with E-state index in [0.29, 0.717) is 6.61 Å². The van der Waals surface area contributed by atoms with Crippen LogP contribution in [0, 0.1) is 13.8 Å². The number of benzene rings is 2. The summed E-state index contributed by atoms with van der Waals surface area (Å²) in [4.78, 5) is 0. The molecule has 2 aromatic carbocycles. The molecule has 5 heterocycles. The molecule has 4 fully saturated rings. The highest BCUT2D eigenvalue weighted by molar-refractivity contribution is 5.68. The SMILES string of the molecule is Cc1cccc(N[C@]23c4ccc(C)cc4N[C@@]4(CO[C@@H]5[C@H](O)CO[C@@H]54)C2O[C@@H]2[C@H](O)CO[C@@H]23)c1. The van der Waals surface area contributed by atoms with Crippen LogP contribution in [-0.4, -0.2) is 78.3 Å². The smallest absolute Gasteiger partial charge is 0.123 e. The van der Waals surface area contributed by atoms with E-state index in [1.807, 2.05) is 12.1 Å². The van der Waals surface area contributed by atoms with Crippen molar-refractivity contribution in [3.05, 3.63) is 59.2 Å². The molecule has 8 nitrogen and oxygen atoms in total. The molecule has 4 N–H and O–H groups in total. The Labute approximate surface area is 198 Å². The first-order chi connectivity index (χ1) is 16.4. The predicted octanol–water partition coefficient (Wildman–Crippen LogP) is 1.46. The van der Waals surface area contributed by atoms with Gasteiger partial charge in [0, 0.05) is 16.9 Å². The molecule has 0 radical (unpaired) electrons. The van der Waals surface area contributed by atoms with E-state index in [2.05, 4.69) is 54.8 Å². The van der Waals surface area contributed by atoms with Gasteiger partial charge in [0.2, 0.25) is 0 Å². The molecule has 180 valence electrons. The highest BCUT2D eigenvalue weighted by Gasteiger charge is 2.75. The van der Waals surface area contributed by atoms with E-state index in [1.54, 1.807) is 0 Å². The zero-order valence-corrected chi connectivity index (χ0v) is 19.2. The number of ether oxygens (including phenoxy) is 4. The first-order valence-electron chi connectivity index (χ1n) is 12.0. The summed E-state index contributed by atoms with van der Waals surface area (Å²) in [5.74, 6) is 0. The number of aliphatic hydroxyl groups is 2. The van der Waals surface area contributed by atoms with E-state index in [9.17, 15) is 10.2 Å². The lowest BCUT2D eigenvalue weighted by Gasteiger charge is -2.53. The van der Waals surface area contributed by atoms with Crippen molar-refractivity contribution in [1.82, 2.24) is 0 Å². The minimum absolute atomic E-state index is 0.219. The lowest BCUT2D eigenvalue weighted by molar-refractivity contribution is -0.0834. The maximum absolute atomic E-state index is 10.8. The monoisotopic (exact) mass is 466 g/mol. The van der Waals surface area contributed by atoms with Crippen molar-refractivity contribution in [3.63, 3.8) is 0 Å². The fourth-order valence-electron chi connectivity index (χ4n) is 6.87. The van der Waals surface area contributed by atoms with E-state index in [0.717, 1.165) is 28.1 Å². The summed E-state index contributed by atoms with van der Waals surface area (Å²) in [6.07, 6.45) is -3.67. The van der Waals surface area contributed by atoms with Gasteiger partial charge >= 0.3 is 0 Å². The third-order valence-corrected chi connectivity index (χ3v) is 8.25. The number of aliphatic hydroxyl groups excluding tert-OH is 2. The van der Waals surface area contributed by atoms with E-state index < -0.39 is 53.8 Å². The topological polar surface area (TPSA) is 101 Å². The van der Waals surface area contributed by atoms with Gasteiger partial charge in [-0.15, -0.1) is 0 Å². The van der Waals surface area contributed by atoms with E-state index >= 15 is 0 Å². The summed E-state index contributed by atoms with van der Waals surface area (Å²) in [6.45, 7) is 4.88. The highest BCUT2D eigenvalue weighted by atomic mass is 16.6. The average Bonchev–Trinajstić information content (AvgIpc) is 3.53. The predicted molar refractivity (Wildman–Crippen MR) is 124 cm³/mol. The van der Waals surface area contributed by atoms with Crippen LogP contribution in [0.1, 0.15) is 16.7 Å². The summed E-state index contributed by atoms with van der Waals surface area (Å²) in [6, 6.07) is 14.6. The van der Waals surface area contributed by atoms with Gasteiger partial charge in [-0.25, -0.2) is 0 Å². The molecule has 0 aliphatic carbocycles. The van der Waals surface area contributed by atoms with Crippen molar-refractivity contribution in [2.45, 2.75) is 67.7 Å². The van der Waals surface area contributed by atoms with Crippen LogP contribution in [0.5, 0.6) is 0 Å². The average molecular weight is 467 g/mol. The number of aryl methyl sites for hydroxylation is 2. The normalized spacial score (nSPS) is 43.8. The van der Waals surface area contributed by atoms with Gasteiger partial charge in [0.1, 0.15) is 53.8 Å². The molecule has 0 saturated carbocycles. The zero-order valence-electron chi connectivity index (χ0n) is 19.2. The molecule has 2 aromatic rings. The quantitative estimate of drug-likeness (QED) is 0.528. The van der Waals surface area contributed by atoms with Crippen LogP contribution < -0.4 is 10.6 Å². The lowest BCUT2D eigenvalue weighted by atomic mass is 9.67. The largest absolute Gasteiger partial charge is 0.388 e. The number of nitrogens with one attached hydrogen (secondary N) is 2. The maximum Gasteiger partial charge on any atom is 0.123 e. The first kappa shape index (κ1) is 21.1. The molecule has 8 heteroatoms. The summed E-state index contributed by atoms with van der Waals surface area (Å²) in [5, 5.41) is 28.9. The Hall–Kier alpha value is -2.20. The lowest BCUT2D eigenvalue weighted by Crippen LogP contribution is -2.70. The Bertz CT molecular complexity index is 1140.